The number of carbonyl (C=O) groups excluding carboxylic acids is 1. The minimum absolute atomic E-state index is 0.149. The summed E-state index contributed by atoms with van der Waals surface area (Å²) in [7, 11) is 0. The van der Waals surface area contributed by atoms with E-state index in [0.29, 0.717) is 28.1 Å². The van der Waals surface area contributed by atoms with E-state index in [9.17, 15) is 4.79 Å². The largest absolute Gasteiger partial charge is 0.296 e. The second-order valence-electron chi connectivity index (χ2n) is 7.22. The van der Waals surface area contributed by atoms with Gasteiger partial charge in [0.15, 0.2) is 0 Å². The van der Waals surface area contributed by atoms with Crippen LogP contribution in [0.3, 0.4) is 0 Å². The van der Waals surface area contributed by atoms with Crippen molar-refractivity contribution >= 4 is 34.0 Å². The third-order valence-electron chi connectivity index (χ3n) is 5.21. The molecule has 4 rings (SSSR count). The fourth-order valence-corrected chi connectivity index (χ4v) is 4.56. The predicted octanol–water partition coefficient (Wildman–Crippen LogP) is 6.08. The zero-order chi connectivity index (χ0) is 19.3. The average molecular weight is 412 g/mol. The molecule has 0 aliphatic heterocycles. The second kappa shape index (κ2) is 8.84. The van der Waals surface area contributed by atoms with E-state index in [1.165, 1.54) is 49.0 Å². The molecule has 28 heavy (non-hydrogen) atoms. The van der Waals surface area contributed by atoms with Crippen molar-refractivity contribution < 1.29 is 4.79 Å². The van der Waals surface area contributed by atoms with Gasteiger partial charge in [0.25, 0.3) is 5.91 Å². The van der Waals surface area contributed by atoms with Gasteiger partial charge in [0, 0.05) is 17.0 Å². The Morgan fingerprint density at radius 3 is 2.43 bits per heavy atom. The van der Waals surface area contributed by atoms with E-state index >= 15 is 0 Å². The number of rotatable bonds is 5. The summed E-state index contributed by atoms with van der Waals surface area (Å²) in [6.45, 7) is 0. The monoisotopic (exact) mass is 411 g/mol. The molecule has 1 aliphatic carbocycles. The van der Waals surface area contributed by atoms with E-state index in [2.05, 4.69) is 27.6 Å². The van der Waals surface area contributed by atoms with E-state index in [1.54, 1.807) is 0 Å². The third-order valence-corrected chi connectivity index (χ3v) is 6.30. The molecule has 4 nitrogen and oxygen atoms in total. The Morgan fingerprint density at radius 1 is 1.00 bits per heavy atom. The Bertz CT molecular complexity index is 931. The van der Waals surface area contributed by atoms with Crippen LogP contribution < -0.4 is 5.32 Å². The van der Waals surface area contributed by atoms with E-state index in [-0.39, 0.29) is 5.91 Å². The number of benzene rings is 2. The SMILES string of the molecule is O=C(Nc1nnc(Cc2ccc(Cl)cc2)s1)c1ccc(C2CCCCC2)cc1. The number of aromatic nitrogens is 2. The van der Waals surface area contributed by atoms with Crippen LogP contribution in [0.1, 0.15) is 64.5 Å². The van der Waals surface area contributed by atoms with E-state index in [1.807, 2.05) is 36.4 Å². The van der Waals surface area contributed by atoms with Crippen LogP contribution in [0.2, 0.25) is 5.02 Å². The predicted molar refractivity (Wildman–Crippen MR) is 114 cm³/mol. The quantitative estimate of drug-likeness (QED) is 0.553. The molecule has 0 saturated heterocycles. The molecule has 1 fully saturated rings. The van der Waals surface area contributed by atoms with Gasteiger partial charge in [-0.2, -0.15) is 0 Å². The van der Waals surface area contributed by atoms with Crippen LogP contribution >= 0.6 is 22.9 Å². The van der Waals surface area contributed by atoms with E-state index in [0.717, 1.165) is 10.6 Å². The molecule has 0 atom stereocenters. The molecule has 2 aromatic carbocycles. The molecule has 0 spiro atoms. The molecule has 0 unspecified atom stereocenters. The van der Waals surface area contributed by atoms with Crippen LogP contribution in [0.5, 0.6) is 0 Å². The highest BCUT2D eigenvalue weighted by molar-refractivity contribution is 7.15. The number of nitrogens with one attached hydrogen (secondary N) is 1. The minimum Gasteiger partial charge on any atom is -0.296 e. The number of halogens is 1. The first-order valence-corrected chi connectivity index (χ1v) is 10.8. The molecule has 1 aromatic heterocycles. The summed E-state index contributed by atoms with van der Waals surface area (Å²) in [4.78, 5) is 12.5. The minimum atomic E-state index is -0.149. The number of anilines is 1. The van der Waals surface area contributed by atoms with E-state index < -0.39 is 0 Å². The van der Waals surface area contributed by atoms with Crippen molar-refractivity contribution in [2.45, 2.75) is 44.4 Å². The highest BCUT2D eigenvalue weighted by Gasteiger charge is 2.16. The number of nitrogens with zero attached hydrogens (tertiary/aromatic N) is 2. The van der Waals surface area contributed by atoms with Gasteiger partial charge in [-0.1, -0.05) is 66.5 Å². The summed E-state index contributed by atoms with van der Waals surface area (Å²) in [5.74, 6) is 0.494. The zero-order valence-electron chi connectivity index (χ0n) is 15.5. The molecule has 0 radical (unpaired) electrons. The first kappa shape index (κ1) is 19.1. The number of carbonyl (C=O) groups is 1. The van der Waals surface area contributed by atoms with Crippen LogP contribution in [0, 0.1) is 0 Å². The van der Waals surface area contributed by atoms with Crippen LogP contribution in [0.25, 0.3) is 0 Å². The fourth-order valence-electron chi connectivity index (χ4n) is 3.66. The highest BCUT2D eigenvalue weighted by Crippen LogP contribution is 2.32. The van der Waals surface area contributed by atoms with Gasteiger partial charge < -0.3 is 0 Å². The Hall–Kier alpha value is -2.24. The maximum Gasteiger partial charge on any atom is 0.257 e. The molecule has 6 heteroatoms. The maximum absolute atomic E-state index is 12.5. The van der Waals surface area contributed by atoms with Crippen molar-refractivity contribution in [3.63, 3.8) is 0 Å². The highest BCUT2D eigenvalue weighted by atomic mass is 35.5. The third kappa shape index (κ3) is 4.78. The Kier molecular flexibility index (Phi) is 6.03. The summed E-state index contributed by atoms with van der Waals surface area (Å²) in [5.41, 5.74) is 3.10. The van der Waals surface area contributed by atoms with Gasteiger partial charge in [-0.15, -0.1) is 10.2 Å². The molecule has 1 aliphatic rings. The van der Waals surface area contributed by atoms with Crippen molar-refractivity contribution in [2.24, 2.45) is 0 Å². The zero-order valence-corrected chi connectivity index (χ0v) is 17.1. The Morgan fingerprint density at radius 2 is 1.71 bits per heavy atom. The average Bonchev–Trinajstić information content (AvgIpc) is 3.17. The molecule has 1 saturated carbocycles. The van der Waals surface area contributed by atoms with Gasteiger partial charge >= 0.3 is 0 Å². The molecule has 0 bridgehead atoms. The topological polar surface area (TPSA) is 54.9 Å². The normalized spacial score (nSPS) is 14.8. The van der Waals surface area contributed by atoms with Crippen molar-refractivity contribution in [2.75, 3.05) is 5.32 Å². The van der Waals surface area contributed by atoms with Crippen molar-refractivity contribution in [1.29, 1.82) is 0 Å². The smallest absolute Gasteiger partial charge is 0.257 e. The molecule has 3 aromatic rings. The number of hydrogen-bond donors (Lipinski definition) is 1. The summed E-state index contributed by atoms with van der Waals surface area (Å²) in [5, 5.41) is 13.2. The summed E-state index contributed by atoms with van der Waals surface area (Å²) >= 11 is 7.31. The van der Waals surface area contributed by atoms with E-state index in [4.69, 9.17) is 11.6 Å². The summed E-state index contributed by atoms with van der Waals surface area (Å²) in [6.07, 6.45) is 7.14. The second-order valence-corrected chi connectivity index (χ2v) is 8.71. The van der Waals surface area contributed by atoms with Crippen molar-refractivity contribution in [3.05, 3.63) is 75.3 Å². The van der Waals surface area contributed by atoms with Gasteiger partial charge in [0.05, 0.1) is 0 Å². The lowest BCUT2D eigenvalue weighted by Gasteiger charge is -2.22. The van der Waals surface area contributed by atoms with Gasteiger partial charge in [-0.05, 0) is 54.2 Å². The molecule has 1 N–H and O–H groups in total. The number of amides is 1. The molecular weight excluding hydrogens is 390 g/mol. The Balaban J connectivity index is 1.37. The van der Waals surface area contributed by atoms with Crippen LogP contribution in [0.4, 0.5) is 5.13 Å². The van der Waals surface area contributed by atoms with Crippen LogP contribution in [-0.4, -0.2) is 16.1 Å². The van der Waals surface area contributed by atoms with Gasteiger partial charge in [0.1, 0.15) is 5.01 Å². The van der Waals surface area contributed by atoms with Crippen molar-refractivity contribution in [3.8, 4) is 0 Å². The van der Waals surface area contributed by atoms with Crippen molar-refractivity contribution in [1.82, 2.24) is 10.2 Å². The first-order valence-electron chi connectivity index (χ1n) is 9.65. The summed E-state index contributed by atoms with van der Waals surface area (Å²) in [6, 6.07) is 15.7. The standard InChI is InChI=1S/C22H22ClN3OS/c23-19-12-6-15(7-13-19)14-20-25-26-22(28-20)24-21(27)18-10-8-17(9-11-18)16-4-2-1-3-5-16/h6-13,16H,1-5,14H2,(H,24,26,27). The lowest BCUT2D eigenvalue weighted by atomic mass is 9.84. The van der Waals surface area contributed by atoms with Gasteiger partial charge in [0.2, 0.25) is 5.13 Å². The molecule has 1 heterocycles. The molecular formula is C22H22ClN3OS. The van der Waals surface area contributed by atoms with Gasteiger partial charge in [-0.25, -0.2) is 0 Å². The van der Waals surface area contributed by atoms with Gasteiger partial charge in [-0.3, -0.25) is 10.1 Å². The fraction of sp³-hybridized carbons (Fsp3) is 0.318. The lowest BCUT2D eigenvalue weighted by molar-refractivity contribution is 0.102. The lowest BCUT2D eigenvalue weighted by Crippen LogP contribution is -2.12. The summed E-state index contributed by atoms with van der Waals surface area (Å²) < 4.78 is 0. The van der Waals surface area contributed by atoms with Crippen LogP contribution in [0.15, 0.2) is 48.5 Å². The molecule has 1 amide bonds. The number of hydrogen-bond acceptors (Lipinski definition) is 4. The Labute approximate surface area is 174 Å². The maximum atomic E-state index is 12.5. The first-order chi connectivity index (χ1) is 13.7. The van der Waals surface area contributed by atoms with Crippen LogP contribution in [-0.2, 0) is 6.42 Å². The molecule has 144 valence electrons.